The Morgan fingerprint density at radius 3 is 2.29 bits per heavy atom. The van der Waals surface area contributed by atoms with E-state index < -0.39 is 0 Å². The van der Waals surface area contributed by atoms with Crippen LogP contribution in [0.1, 0.15) is 66.7 Å². The average molecular weight is 299 g/mol. The molecule has 0 saturated heterocycles. The Morgan fingerprint density at radius 2 is 1.81 bits per heavy atom. The van der Waals surface area contributed by atoms with Gasteiger partial charge in [0.1, 0.15) is 5.60 Å². The van der Waals surface area contributed by atoms with E-state index in [4.69, 9.17) is 4.74 Å². The number of nitrogens with one attached hydrogen (secondary N) is 1. The molecule has 1 aliphatic carbocycles. The van der Waals surface area contributed by atoms with Crippen LogP contribution in [0.4, 0.5) is 0 Å². The first-order valence-electron chi connectivity index (χ1n) is 8.31. The van der Waals surface area contributed by atoms with Crippen molar-refractivity contribution in [2.45, 2.75) is 84.5 Å². The van der Waals surface area contributed by atoms with Crippen molar-refractivity contribution in [1.82, 2.24) is 5.32 Å². The van der Waals surface area contributed by atoms with Crippen molar-refractivity contribution in [1.29, 1.82) is 0 Å². The van der Waals surface area contributed by atoms with Gasteiger partial charge in [-0.3, -0.25) is 4.79 Å². The Hall–Kier alpha value is -0.610. The summed E-state index contributed by atoms with van der Waals surface area (Å²) >= 11 is 0. The Labute approximate surface area is 129 Å². The molecule has 1 saturated carbocycles. The van der Waals surface area contributed by atoms with Gasteiger partial charge < -0.3 is 15.2 Å². The molecule has 0 aromatic rings. The van der Waals surface area contributed by atoms with Gasteiger partial charge in [-0.25, -0.2) is 0 Å². The molecule has 0 aliphatic heterocycles. The van der Waals surface area contributed by atoms with Gasteiger partial charge in [-0.15, -0.1) is 0 Å². The summed E-state index contributed by atoms with van der Waals surface area (Å²) in [6, 6.07) is 0.500. The van der Waals surface area contributed by atoms with Crippen LogP contribution in [-0.4, -0.2) is 35.4 Å². The van der Waals surface area contributed by atoms with Crippen LogP contribution in [0.5, 0.6) is 0 Å². The molecule has 2 N–H and O–H groups in total. The molecule has 2 atom stereocenters. The Balaban J connectivity index is 2.24. The zero-order chi connectivity index (χ0) is 16.0. The molecule has 0 spiro atoms. The Bertz CT molecular complexity index is 314. The summed E-state index contributed by atoms with van der Waals surface area (Å²) in [4.78, 5) is 12.0. The van der Waals surface area contributed by atoms with E-state index in [9.17, 15) is 9.90 Å². The molecule has 2 unspecified atom stereocenters. The molecule has 4 nitrogen and oxygen atoms in total. The minimum Gasteiger partial charge on any atom is -0.460 e. The zero-order valence-electron chi connectivity index (χ0n) is 14.3. The molecule has 4 heteroatoms. The second-order valence-corrected chi connectivity index (χ2v) is 7.68. The predicted molar refractivity (Wildman–Crippen MR) is 85.1 cm³/mol. The summed E-state index contributed by atoms with van der Waals surface area (Å²) in [5.41, 5.74) is -0.386. The monoisotopic (exact) mass is 299 g/mol. The Morgan fingerprint density at radius 1 is 1.24 bits per heavy atom. The average Bonchev–Trinajstić information content (AvgIpc) is 2.34. The number of aliphatic hydroxyl groups excluding tert-OH is 1. The number of hydrogen-bond acceptors (Lipinski definition) is 4. The number of carbonyl (C=O) groups is 1. The first-order chi connectivity index (χ1) is 9.67. The highest BCUT2D eigenvalue weighted by Gasteiger charge is 2.29. The molecule has 21 heavy (non-hydrogen) atoms. The highest BCUT2D eigenvalue weighted by molar-refractivity contribution is 5.73. The molecule has 124 valence electrons. The highest BCUT2D eigenvalue weighted by atomic mass is 16.6. The summed E-state index contributed by atoms with van der Waals surface area (Å²) < 4.78 is 5.47. The first kappa shape index (κ1) is 18.4. The van der Waals surface area contributed by atoms with Crippen LogP contribution in [0, 0.1) is 11.8 Å². The van der Waals surface area contributed by atoms with Crippen LogP contribution < -0.4 is 5.32 Å². The first-order valence-corrected chi connectivity index (χ1v) is 8.31. The molecule has 0 aromatic carbocycles. The van der Waals surface area contributed by atoms with Gasteiger partial charge in [-0.2, -0.15) is 0 Å². The van der Waals surface area contributed by atoms with Crippen molar-refractivity contribution in [3.05, 3.63) is 0 Å². The molecule has 0 aromatic heterocycles. The summed E-state index contributed by atoms with van der Waals surface area (Å²) in [7, 11) is 0. The summed E-state index contributed by atoms with van der Waals surface area (Å²) in [6.45, 7) is 10.7. The second kappa shape index (κ2) is 8.14. The van der Waals surface area contributed by atoms with E-state index in [2.05, 4.69) is 12.2 Å². The van der Waals surface area contributed by atoms with E-state index in [0.717, 1.165) is 38.6 Å². The number of ether oxygens (including phenoxy) is 1. The number of carbonyl (C=O) groups excluding carboxylic acids is 1. The quantitative estimate of drug-likeness (QED) is 0.740. The van der Waals surface area contributed by atoms with Gasteiger partial charge in [0.2, 0.25) is 0 Å². The molecule has 1 rings (SSSR count). The topological polar surface area (TPSA) is 58.6 Å². The van der Waals surface area contributed by atoms with Crippen molar-refractivity contribution in [3.8, 4) is 0 Å². The molecular formula is C17H33NO3. The standard InChI is InChI=1S/C17H33NO3/c1-12(10-13(2)19)11-18-15-8-6-14(7-9-15)16(20)21-17(3,4)5/h12-15,18-19H,6-11H2,1-5H3. The zero-order valence-corrected chi connectivity index (χ0v) is 14.3. The van der Waals surface area contributed by atoms with Gasteiger partial charge in [-0.1, -0.05) is 6.92 Å². The van der Waals surface area contributed by atoms with Crippen LogP contribution in [0.25, 0.3) is 0 Å². The lowest BCUT2D eigenvalue weighted by molar-refractivity contribution is -0.161. The third-order valence-corrected chi connectivity index (χ3v) is 3.97. The smallest absolute Gasteiger partial charge is 0.309 e. The lowest BCUT2D eigenvalue weighted by Crippen LogP contribution is -2.38. The SMILES string of the molecule is CC(O)CC(C)CNC1CCC(C(=O)OC(C)(C)C)CC1. The fourth-order valence-corrected chi connectivity index (χ4v) is 2.95. The van der Waals surface area contributed by atoms with Crippen molar-refractivity contribution in [3.63, 3.8) is 0 Å². The van der Waals surface area contributed by atoms with Crippen molar-refractivity contribution in [2.24, 2.45) is 11.8 Å². The third kappa shape index (κ3) is 7.82. The molecule has 0 amide bonds. The summed E-state index contributed by atoms with van der Waals surface area (Å²) in [5.74, 6) is 0.508. The van der Waals surface area contributed by atoms with Crippen LogP contribution in [0.2, 0.25) is 0 Å². The van der Waals surface area contributed by atoms with E-state index in [-0.39, 0.29) is 23.6 Å². The third-order valence-electron chi connectivity index (χ3n) is 3.97. The second-order valence-electron chi connectivity index (χ2n) is 7.68. The normalized spacial score (nSPS) is 26.2. The summed E-state index contributed by atoms with van der Waals surface area (Å²) in [5, 5.41) is 12.9. The van der Waals surface area contributed by atoms with E-state index in [1.807, 2.05) is 27.7 Å². The van der Waals surface area contributed by atoms with Crippen LogP contribution in [-0.2, 0) is 9.53 Å². The largest absolute Gasteiger partial charge is 0.460 e. The van der Waals surface area contributed by atoms with E-state index in [0.29, 0.717) is 12.0 Å². The molecule has 1 fully saturated rings. The van der Waals surface area contributed by atoms with Crippen LogP contribution >= 0.6 is 0 Å². The minimum absolute atomic E-state index is 0.0385. The van der Waals surface area contributed by atoms with Crippen LogP contribution in [0.3, 0.4) is 0 Å². The lowest BCUT2D eigenvalue weighted by Gasteiger charge is -2.31. The lowest BCUT2D eigenvalue weighted by atomic mass is 9.85. The van der Waals surface area contributed by atoms with Crippen molar-refractivity contribution in [2.75, 3.05) is 6.54 Å². The van der Waals surface area contributed by atoms with E-state index in [1.165, 1.54) is 0 Å². The van der Waals surface area contributed by atoms with Crippen molar-refractivity contribution < 1.29 is 14.6 Å². The van der Waals surface area contributed by atoms with E-state index >= 15 is 0 Å². The summed E-state index contributed by atoms with van der Waals surface area (Å²) in [6.07, 6.45) is 4.50. The molecule has 0 radical (unpaired) electrons. The van der Waals surface area contributed by atoms with E-state index in [1.54, 1.807) is 0 Å². The van der Waals surface area contributed by atoms with Gasteiger partial charge in [0, 0.05) is 6.04 Å². The number of hydrogen-bond donors (Lipinski definition) is 2. The molecule has 0 bridgehead atoms. The highest BCUT2D eigenvalue weighted by Crippen LogP contribution is 2.27. The molecular weight excluding hydrogens is 266 g/mol. The van der Waals surface area contributed by atoms with Crippen LogP contribution in [0.15, 0.2) is 0 Å². The molecule has 1 aliphatic rings. The Kier molecular flexibility index (Phi) is 7.14. The van der Waals surface area contributed by atoms with Gasteiger partial charge in [0.05, 0.1) is 12.0 Å². The maximum absolute atomic E-state index is 12.0. The van der Waals surface area contributed by atoms with Gasteiger partial charge in [0.15, 0.2) is 0 Å². The maximum atomic E-state index is 12.0. The van der Waals surface area contributed by atoms with Gasteiger partial charge in [0.25, 0.3) is 0 Å². The number of esters is 1. The van der Waals surface area contributed by atoms with Crippen molar-refractivity contribution >= 4 is 5.97 Å². The number of aliphatic hydroxyl groups is 1. The fourth-order valence-electron chi connectivity index (χ4n) is 2.95. The maximum Gasteiger partial charge on any atom is 0.309 e. The number of rotatable bonds is 6. The van der Waals surface area contributed by atoms with Gasteiger partial charge in [-0.05, 0) is 72.3 Å². The van der Waals surface area contributed by atoms with Gasteiger partial charge >= 0.3 is 5.97 Å². The molecule has 0 heterocycles. The minimum atomic E-state index is -0.386. The predicted octanol–water partition coefficient (Wildman–Crippen LogP) is 2.88. The fraction of sp³-hybridized carbons (Fsp3) is 0.941.